The smallest absolute Gasteiger partial charge is 0.0908 e. The van der Waals surface area contributed by atoms with Gasteiger partial charge in [0.25, 0.3) is 0 Å². The first-order valence-corrected chi connectivity index (χ1v) is 6.07. The summed E-state index contributed by atoms with van der Waals surface area (Å²) in [4.78, 5) is 0. The SMILES string of the molecule is Cc1ccccc1CC(O)C1(O)CCCC1. The van der Waals surface area contributed by atoms with E-state index in [1.54, 1.807) is 0 Å². The molecule has 2 nitrogen and oxygen atoms in total. The molecule has 16 heavy (non-hydrogen) atoms. The summed E-state index contributed by atoms with van der Waals surface area (Å²) in [5.74, 6) is 0. The van der Waals surface area contributed by atoms with Crippen molar-refractivity contribution >= 4 is 0 Å². The molecule has 2 rings (SSSR count). The predicted molar refractivity (Wildman–Crippen MR) is 64.3 cm³/mol. The van der Waals surface area contributed by atoms with Crippen molar-refractivity contribution in [3.05, 3.63) is 35.4 Å². The van der Waals surface area contributed by atoms with Crippen LogP contribution in [0.15, 0.2) is 24.3 Å². The Morgan fingerprint density at radius 1 is 1.25 bits per heavy atom. The zero-order valence-electron chi connectivity index (χ0n) is 9.82. The molecule has 1 saturated carbocycles. The molecule has 1 fully saturated rings. The molecule has 88 valence electrons. The third kappa shape index (κ3) is 2.28. The topological polar surface area (TPSA) is 40.5 Å². The number of aryl methyl sites for hydroxylation is 1. The van der Waals surface area contributed by atoms with Crippen molar-refractivity contribution in [2.75, 3.05) is 0 Å². The summed E-state index contributed by atoms with van der Waals surface area (Å²) >= 11 is 0. The van der Waals surface area contributed by atoms with Crippen molar-refractivity contribution in [2.45, 2.75) is 50.7 Å². The first-order valence-electron chi connectivity index (χ1n) is 6.07. The maximum atomic E-state index is 10.3. The quantitative estimate of drug-likeness (QED) is 0.820. The number of hydrogen-bond acceptors (Lipinski definition) is 2. The highest BCUT2D eigenvalue weighted by Gasteiger charge is 2.38. The van der Waals surface area contributed by atoms with Crippen LogP contribution in [0.1, 0.15) is 36.8 Å². The standard InChI is InChI=1S/C14H20O2/c1-11-6-2-3-7-12(11)10-13(15)14(16)8-4-5-9-14/h2-3,6-7,13,15-16H,4-5,8-10H2,1H3. The molecule has 1 aliphatic rings. The van der Waals surface area contributed by atoms with Crippen LogP contribution in [0.25, 0.3) is 0 Å². The minimum atomic E-state index is -0.845. The number of aliphatic hydroxyl groups is 2. The summed E-state index contributed by atoms with van der Waals surface area (Å²) in [6, 6.07) is 8.04. The Hall–Kier alpha value is -0.860. The molecule has 0 aliphatic heterocycles. The summed E-state index contributed by atoms with van der Waals surface area (Å²) in [5, 5.41) is 20.4. The Bertz CT molecular complexity index is 354. The van der Waals surface area contributed by atoms with E-state index in [1.165, 1.54) is 5.56 Å². The van der Waals surface area contributed by atoms with Crippen LogP contribution < -0.4 is 0 Å². The number of rotatable bonds is 3. The molecule has 0 radical (unpaired) electrons. The highest BCUT2D eigenvalue weighted by molar-refractivity contribution is 5.26. The van der Waals surface area contributed by atoms with Crippen molar-refractivity contribution in [3.8, 4) is 0 Å². The third-order valence-corrected chi connectivity index (χ3v) is 3.76. The van der Waals surface area contributed by atoms with Gasteiger partial charge in [-0.25, -0.2) is 0 Å². The van der Waals surface area contributed by atoms with E-state index in [1.807, 2.05) is 31.2 Å². The van der Waals surface area contributed by atoms with E-state index in [2.05, 4.69) is 0 Å². The van der Waals surface area contributed by atoms with Gasteiger partial charge in [0.15, 0.2) is 0 Å². The van der Waals surface area contributed by atoms with Gasteiger partial charge in [0.05, 0.1) is 11.7 Å². The van der Waals surface area contributed by atoms with Crippen LogP contribution in [0.3, 0.4) is 0 Å². The molecule has 0 heterocycles. The molecular weight excluding hydrogens is 200 g/mol. The highest BCUT2D eigenvalue weighted by Crippen LogP contribution is 2.33. The van der Waals surface area contributed by atoms with Gasteiger partial charge in [-0.3, -0.25) is 0 Å². The van der Waals surface area contributed by atoms with Gasteiger partial charge in [-0.05, 0) is 30.9 Å². The van der Waals surface area contributed by atoms with Gasteiger partial charge in [-0.15, -0.1) is 0 Å². The van der Waals surface area contributed by atoms with Crippen LogP contribution in [0.4, 0.5) is 0 Å². The van der Waals surface area contributed by atoms with E-state index in [0.29, 0.717) is 6.42 Å². The average Bonchev–Trinajstić information content (AvgIpc) is 2.70. The predicted octanol–water partition coefficient (Wildman–Crippen LogP) is 2.20. The largest absolute Gasteiger partial charge is 0.390 e. The van der Waals surface area contributed by atoms with Crippen LogP contribution >= 0.6 is 0 Å². The normalized spacial score (nSPS) is 20.9. The number of aliphatic hydroxyl groups excluding tert-OH is 1. The molecule has 0 bridgehead atoms. The molecule has 1 unspecified atom stereocenters. The van der Waals surface area contributed by atoms with Gasteiger partial charge < -0.3 is 10.2 Å². The Balaban J connectivity index is 2.07. The lowest BCUT2D eigenvalue weighted by molar-refractivity contribution is -0.0689. The molecule has 0 amide bonds. The minimum absolute atomic E-state index is 0.559. The fourth-order valence-electron chi connectivity index (χ4n) is 2.56. The lowest BCUT2D eigenvalue weighted by Crippen LogP contribution is -2.41. The molecule has 0 spiro atoms. The molecule has 1 atom stereocenters. The van der Waals surface area contributed by atoms with E-state index in [0.717, 1.165) is 31.2 Å². The molecule has 2 N–H and O–H groups in total. The molecule has 1 aromatic rings. The van der Waals surface area contributed by atoms with Crippen LogP contribution in [-0.2, 0) is 6.42 Å². The lowest BCUT2D eigenvalue weighted by Gasteiger charge is -2.28. The second kappa shape index (κ2) is 4.56. The Morgan fingerprint density at radius 2 is 1.88 bits per heavy atom. The highest BCUT2D eigenvalue weighted by atomic mass is 16.3. The van der Waals surface area contributed by atoms with Gasteiger partial charge in [-0.2, -0.15) is 0 Å². The number of hydrogen-bond donors (Lipinski definition) is 2. The fraction of sp³-hybridized carbons (Fsp3) is 0.571. The van der Waals surface area contributed by atoms with E-state index >= 15 is 0 Å². The molecule has 0 saturated heterocycles. The average molecular weight is 220 g/mol. The monoisotopic (exact) mass is 220 g/mol. The van der Waals surface area contributed by atoms with Crippen molar-refractivity contribution in [1.82, 2.24) is 0 Å². The van der Waals surface area contributed by atoms with Crippen LogP contribution in [0.2, 0.25) is 0 Å². The Labute approximate surface area is 96.9 Å². The molecular formula is C14H20O2. The Morgan fingerprint density at radius 3 is 2.50 bits per heavy atom. The summed E-state index contributed by atoms with van der Waals surface area (Å²) in [7, 11) is 0. The van der Waals surface area contributed by atoms with Gasteiger partial charge in [0.1, 0.15) is 0 Å². The van der Waals surface area contributed by atoms with E-state index in [4.69, 9.17) is 0 Å². The van der Waals surface area contributed by atoms with Crippen molar-refractivity contribution in [2.24, 2.45) is 0 Å². The van der Waals surface area contributed by atoms with Gasteiger partial charge >= 0.3 is 0 Å². The maximum absolute atomic E-state index is 10.3. The summed E-state index contributed by atoms with van der Waals surface area (Å²) in [5.41, 5.74) is 1.47. The van der Waals surface area contributed by atoms with E-state index < -0.39 is 11.7 Å². The zero-order chi connectivity index (χ0) is 11.6. The molecule has 2 heteroatoms. The molecule has 0 aromatic heterocycles. The molecule has 1 aliphatic carbocycles. The first-order chi connectivity index (χ1) is 7.62. The second-order valence-electron chi connectivity index (χ2n) is 4.96. The van der Waals surface area contributed by atoms with Crippen LogP contribution in [0.5, 0.6) is 0 Å². The van der Waals surface area contributed by atoms with Crippen LogP contribution in [0, 0.1) is 6.92 Å². The summed E-state index contributed by atoms with van der Waals surface area (Å²) in [6.45, 7) is 2.04. The van der Waals surface area contributed by atoms with Crippen molar-refractivity contribution in [1.29, 1.82) is 0 Å². The van der Waals surface area contributed by atoms with Gasteiger partial charge in [0, 0.05) is 6.42 Å². The van der Waals surface area contributed by atoms with Crippen molar-refractivity contribution in [3.63, 3.8) is 0 Å². The Kier molecular flexibility index (Phi) is 3.31. The zero-order valence-corrected chi connectivity index (χ0v) is 9.82. The first kappa shape index (κ1) is 11.6. The second-order valence-corrected chi connectivity index (χ2v) is 4.96. The van der Waals surface area contributed by atoms with Crippen molar-refractivity contribution < 1.29 is 10.2 Å². The lowest BCUT2D eigenvalue weighted by atomic mass is 9.89. The maximum Gasteiger partial charge on any atom is 0.0908 e. The van der Waals surface area contributed by atoms with E-state index in [9.17, 15) is 10.2 Å². The van der Waals surface area contributed by atoms with Crippen LogP contribution in [-0.4, -0.2) is 21.9 Å². The fourth-order valence-corrected chi connectivity index (χ4v) is 2.56. The van der Waals surface area contributed by atoms with Gasteiger partial charge in [0.2, 0.25) is 0 Å². The summed E-state index contributed by atoms with van der Waals surface area (Å²) < 4.78 is 0. The number of benzene rings is 1. The molecule has 1 aromatic carbocycles. The minimum Gasteiger partial charge on any atom is -0.390 e. The van der Waals surface area contributed by atoms with Gasteiger partial charge in [-0.1, -0.05) is 37.1 Å². The third-order valence-electron chi connectivity index (χ3n) is 3.76. The van der Waals surface area contributed by atoms with E-state index in [-0.39, 0.29) is 0 Å². The summed E-state index contributed by atoms with van der Waals surface area (Å²) in [6.07, 6.45) is 3.46.